The van der Waals surface area contributed by atoms with Gasteiger partial charge in [0.25, 0.3) is 0 Å². The molecule has 1 unspecified atom stereocenters. The number of halogens is 1. The van der Waals surface area contributed by atoms with E-state index in [2.05, 4.69) is 0 Å². The van der Waals surface area contributed by atoms with E-state index >= 15 is 0 Å². The highest BCUT2D eigenvalue weighted by molar-refractivity contribution is 6.31. The number of hydrogen-bond acceptors (Lipinski definition) is 3. The molecule has 1 heterocycles. The summed E-state index contributed by atoms with van der Waals surface area (Å²) in [6.45, 7) is 3.23. The minimum absolute atomic E-state index is 0.0874. The van der Waals surface area contributed by atoms with Crippen molar-refractivity contribution in [3.63, 3.8) is 0 Å². The van der Waals surface area contributed by atoms with E-state index < -0.39 is 0 Å². The predicted octanol–water partition coefficient (Wildman–Crippen LogP) is 1.88. The van der Waals surface area contributed by atoms with E-state index in [1.165, 1.54) is 6.08 Å². The zero-order valence-corrected chi connectivity index (χ0v) is 12.1. The van der Waals surface area contributed by atoms with Crippen molar-refractivity contribution in [3.05, 3.63) is 40.4 Å². The number of benzene rings is 1. The van der Waals surface area contributed by atoms with Gasteiger partial charge in [-0.1, -0.05) is 23.7 Å². The molecule has 1 atom stereocenters. The van der Waals surface area contributed by atoms with E-state index in [1.54, 1.807) is 11.0 Å². The lowest BCUT2D eigenvalue weighted by Crippen LogP contribution is -2.49. The van der Waals surface area contributed by atoms with Crippen LogP contribution in [0.2, 0.25) is 5.02 Å². The van der Waals surface area contributed by atoms with Crippen LogP contribution in [0.3, 0.4) is 0 Å². The summed E-state index contributed by atoms with van der Waals surface area (Å²) in [6.07, 6.45) is 3.24. The lowest BCUT2D eigenvalue weighted by atomic mass is 10.1. The van der Waals surface area contributed by atoms with Crippen molar-refractivity contribution >= 4 is 23.6 Å². The first-order valence-electron chi connectivity index (χ1n) is 6.55. The van der Waals surface area contributed by atoms with E-state index in [9.17, 15) is 9.90 Å². The molecule has 1 fully saturated rings. The zero-order valence-electron chi connectivity index (χ0n) is 11.4. The molecule has 0 bridgehead atoms. The van der Waals surface area contributed by atoms with Crippen LogP contribution in [0.4, 0.5) is 0 Å². The summed E-state index contributed by atoms with van der Waals surface area (Å²) in [7, 11) is 0. The highest BCUT2D eigenvalue weighted by Gasteiger charge is 2.24. The number of carbonyl (C=O) groups excluding carboxylic acids is 1. The smallest absolute Gasteiger partial charge is 0.247 e. The summed E-state index contributed by atoms with van der Waals surface area (Å²) in [4.78, 5) is 13.8. The maximum Gasteiger partial charge on any atom is 0.247 e. The molecule has 1 saturated heterocycles. The minimum Gasteiger partial charge on any atom is -0.394 e. The monoisotopic (exact) mass is 295 g/mol. The van der Waals surface area contributed by atoms with Gasteiger partial charge in [-0.2, -0.15) is 0 Å². The maximum absolute atomic E-state index is 12.1. The van der Waals surface area contributed by atoms with Crippen molar-refractivity contribution in [2.45, 2.75) is 13.0 Å². The molecule has 0 saturated carbocycles. The maximum atomic E-state index is 12.1. The number of hydrogen-bond donors (Lipinski definition) is 1. The summed E-state index contributed by atoms with van der Waals surface area (Å²) in [6, 6.07) is 5.39. The molecular formula is C15H18ClNO3. The van der Waals surface area contributed by atoms with Gasteiger partial charge in [0.15, 0.2) is 0 Å². The van der Waals surface area contributed by atoms with E-state index in [-0.39, 0.29) is 18.6 Å². The Balaban J connectivity index is 2.05. The first-order chi connectivity index (χ1) is 9.61. The summed E-state index contributed by atoms with van der Waals surface area (Å²) in [5, 5.41) is 9.93. The molecule has 0 aliphatic carbocycles. The van der Waals surface area contributed by atoms with Gasteiger partial charge in [0.2, 0.25) is 5.91 Å². The molecule has 0 radical (unpaired) electrons. The number of nitrogens with zero attached hydrogens (tertiary/aromatic N) is 1. The molecule has 2 rings (SSSR count). The fraction of sp³-hybridized carbons (Fsp3) is 0.400. The van der Waals surface area contributed by atoms with E-state index in [4.69, 9.17) is 16.3 Å². The minimum atomic E-state index is -0.262. The number of aryl methyl sites for hydroxylation is 1. The average Bonchev–Trinajstić information content (AvgIpc) is 2.48. The van der Waals surface area contributed by atoms with Crippen LogP contribution in [-0.2, 0) is 9.53 Å². The molecule has 1 aromatic rings. The average molecular weight is 296 g/mol. The second kappa shape index (κ2) is 6.88. The van der Waals surface area contributed by atoms with Crippen LogP contribution in [-0.4, -0.2) is 48.3 Å². The largest absolute Gasteiger partial charge is 0.394 e. The highest BCUT2D eigenvalue weighted by atomic mass is 35.5. The van der Waals surface area contributed by atoms with Gasteiger partial charge in [0.05, 0.1) is 25.9 Å². The third-order valence-corrected chi connectivity index (χ3v) is 3.74. The summed E-state index contributed by atoms with van der Waals surface area (Å²) < 4.78 is 5.25. The van der Waals surface area contributed by atoms with Crippen LogP contribution in [0.5, 0.6) is 0 Å². The van der Waals surface area contributed by atoms with Crippen LogP contribution < -0.4 is 0 Å². The number of ether oxygens (including phenoxy) is 1. The third kappa shape index (κ3) is 3.60. The SMILES string of the molecule is Cc1ccc(/C=C/C(=O)N2CCOCC2CO)cc1Cl. The molecule has 1 aromatic carbocycles. The molecule has 4 nitrogen and oxygen atoms in total. The Morgan fingerprint density at radius 1 is 1.60 bits per heavy atom. The van der Waals surface area contributed by atoms with Crippen LogP contribution in [0, 0.1) is 6.92 Å². The van der Waals surface area contributed by atoms with Crippen LogP contribution in [0.1, 0.15) is 11.1 Å². The van der Waals surface area contributed by atoms with Gasteiger partial charge in [0, 0.05) is 17.6 Å². The molecule has 5 heteroatoms. The second-order valence-corrected chi connectivity index (χ2v) is 5.19. The Hall–Kier alpha value is -1.36. The molecule has 1 amide bonds. The molecule has 0 aromatic heterocycles. The Morgan fingerprint density at radius 3 is 3.10 bits per heavy atom. The van der Waals surface area contributed by atoms with Crippen LogP contribution in [0.15, 0.2) is 24.3 Å². The zero-order chi connectivity index (χ0) is 14.5. The number of aliphatic hydroxyl groups is 1. The fourth-order valence-corrected chi connectivity index (χ4v) is 2.26. The standard InChI is InChI=1S/C15H18ClNO3/c1-11-2-3-12(8-14(11)16)4-5-15(19)17-6-7-20-10-13(17)9-18/h2-5,8,13,18H,6-7,9-10H2,1H3/b5-4+. The summed E-state index contributed by atoms with van der Waals surface area (Å²) in [5.41, 5.74) is 1.88. The second-order valence-electron chi connectivity index (χ2n) is 4.78. The van der Waals surface area contributed by atoms with Crippen molar-refractivity contribution in [3.8, 4) is 0 Å². The van der Waals surface area contributed by atoms with Crippen molar-refractivity contribution in [2.75, 3.05) is 26.4 Å². The molecule has 108 valence electrons. The normalized spacial score (nSPS) is 19.6. The number of aliphatic hydroxyl groups excluding tert-OH is 1. The lowest BCUT2D eigenvalue weighted by Gasteiger charge is -2.33. The van der Waals surface area contributed by atoms with Gasteiger partial charge in [-0.25, -0.2) is 0 Å². The predicted molar refractivity (Wildman–Crippen MR) is 78.6 cm³/mol. The first-order valence-corrected chi connectivity index (χ1v) is 6.93. The van der Waals surface area contributed by atoms with Gasteiger partial charge >= 0.3 is 0 Å². The number of carbonyl (C=O) groups is 1. The fourth-order valence-electron chi connectivity index (χ4n) is 2.07. The number of morpholine rings is 1. The molecule has 1 aliphatic rings. The van der Waals surface area contributed by atoms with Crippen LogP contribution in [0.25, 0.3) is 6.08 Å². The van der Waals surface area contributed by atoms with Gasteiger partial charge < -0.3 is 14.7 Å². The number of amides is 1. The van der Waals surface area contributed by atoms with E-state index in [0.717, 1.165) is 11.1 Å². The highest BCUT2D eigenvalue weighted by Crippen LogP contribution is 2.17. The topological polar surface area (TPSA) is 49.8 Å². The third-order valence-electron chi connectivity index (χ3n) is 3.34. The Bertz CT molecular complexity index is 516. The van der Waals surface area contributed by atoms with Gasteiger partial charge in [-0.15, -0.1) is 0 Å². The molecule has 0 spiro atoms. The van der Waals surface area contributed by atoms with Crippen molar-refractivity contribution in [1.29, 1.82) is 0 Å². The Labute approximate surface area is 123 Å². The Kier molecular flexibility index (Phi) is 5.17. The van der Waals surface area contributed by atoms with Gasteiger partial charge in [0.1, 0.15) is 0 Å². The Morgan fingerprint density at radius 2 is 2.40 bits per heavy atom. The van der Waals surface area contributed by atoms with Crippen molar-refractivity contribution in [1.82, 2.24) is 4.90 Å². The van der Waals surface area contributed by atoms with Gasteiger partial charge in [-0.3, -0.25) is 4.79 Å². The van der Waals surface area contributed by atoms with E-state index in [1.807, 2.05) is 25.1 Å². The van der Waals surface area contributed by atoms with Crippen LogP contribution >= 0.6 is 11.6 Å². The molecule has 20 heavy (non-hydrogen) atoms. The summed E-state index contributed by atoms with van der Waals surface area (Å²) >= 11 is 6.04. The van der Waals surface area contributed by atoms with Crippen molar-refractivity contribution < 1.29 is 14.6 Å². The first kappa shape index (κ1) is 15.0. The lowest BCUT2D eigenvalue weighted by molar-refractivity contribution is -0.136. The summed E-state index contributed by atoms with van der Waals surface area (Å²) in [5.74, 6) is -0.121. The number of rotatable bonds is 3. The molecule has 1 aliphatic heterocycles. The van der Waals surface area contributed by atoms with E-state index in [0.29, 0.717) is 24.8 Å². The van der Waals surface area contributed by atoms with Gasteiger partial charge in [-0.05, 0) is 30.2 Å². The molecule has 1 N–H and O–H groups in total. The van der Waals surface area contributed by atoms with Crippen molar-refractivity contribution in [2.24, 2.45) is 0 Å². The molecular weight excluding hydrogens is 278 g/mol. The quantitative estimate of drug-likeness (QED) is 0.866.